The lowest BCUT2D eigenvalue weighted by Crippen LogP contribution is -2.38. The number of halogens is 1. The topological polar surface area (TPSA) is 45.7 Å². The molecular formula is C16H28IN3O. The zero-order valence-corrected chi connectivity index (χ0v) is 15.6. The van der Waals surface area contributed by atoms with Crippen LogP contribution in [0, 0.1) is 0 Å². The Kier molecular flexibility index (Phi) is 12.4. The van der Waals surface area contributed by atoms with E-state index in [1.165, 1.54) is 11.1 Å². The zero-order valence-electron chi connectivity index (χ0n) is 13.3. The van der Waals surface area contributed by atoms with Crippen molar-refractivity contribution in [3.63, 3.8) is 0 Å². The Labute approximate surface area is 145 Å². The van der Waals surface area contributed by atoms with Gasteiger partial charge in [0.05, 0.1) is 13.2 Å². The van der Waals surface area contributed by atoms with Crippen LogP contribution in [0.25, 0.3) is 0 Å². The lowest BCUT2D eigenvalue weighted by molar-refractivity contribution is 0.208. The minimum Gasteiger partial charge on any atom is -0.383 e. The summed E-state index contributed by atoms with van der Waals surface area (Å²) in [6, 6.07) is 8.81. The first-order valence-electron chi connectivity index (χ1n) is 7.39. The van der Waals surface area contributed by atoms with Crippen LogP contribution in [0.5, 0.6) is 0 Å². The predicted octanol–water partition coefficient (Wildman–Crippen LogP) is 2.61. The molecule has 120 valence electrons. The van der Waals surface area contributed by atoms with Gasteiger partial charge in [-0.2, -0.15) is 0 Å². The smallest absolute Gasteiger partial charge is 0.191 e. The molecule has 0 fully saturated rings. The molecule has 0 aliphatic heterocycles. The molecule has 1 aromatic carbocycles. The second kappa shape index (κ2) is 12.9. The first-order chi connectivity index (χ1) is 9.80. The van der Waals surface area contributed by atoms with Crippen molar-refractivity contribution in [3.05, 3.63) is 35.4 Å². The second-order valence-corrected chi connectivity index (χ2v) is 4.60. The van der Waals surface area contributed by atoms with Crippen molar-refractivity contribution in [3.8, 4) is 0 Å². The van der Waals surface area contributed by atoms with Crippen LogP contribution in [0.15, 0.2) is 29.3 Å². The molecule has 0 heterocycles. The van der Waals surface area contributed by atoms with E-state index in [9.17, 15) is 0 Å². The Morgan fingerprint density at radius 2 is 1.76 bits per heavy atom. The van der Waals surface area contributed by atoms with E-state index in [2.05, 4.69) is 53.7 Å². The average molecular weight is 405 g/mol. The molecule has 0 saturated heterocycles. The molecule has 0 unspecified atom stereocenters. The lowest BCUT2D eigenvalue weighted by atomic mass is 10.1. The zero-order chi connectivity index (χ0) is 14.6. The Balaban J connectivity index is 0.00000400. The maximum Gasteiger partial charge on any atom is 0.191 e. The summed E-state index contributed by atoms with van der Waals surface area (Å²) >= 11 is 0. The van der Waals surface area contributed by atoms with Crippen molar-refractivity contribution in [1.82, 2.24) is 10.6 Å². The van der Waals surface area contributed by atoms with Gasteiger partial charge >= 0.3 is 0 Å². The average Bonchev–Trinajstić information content (AvgIpc) is 2.48. The molecule has 0 saturated carbocycles. The fraction of sp³-hybridized carbons (Fsp3) is 0.562. The molecule has 0 amide bonds. The van der Waals surface area contributed by atoms with E-state index in [1.807, 2.05) is 0 Å². The minimum atomic E-state index is 0. The van der Waals surface area contributed by atoms with Crippen LogP contribution in [-0.4, -0.2) is 39.3 Å². The Morgan fingerprint density at radius 1 is 1.10 bits per heavy atom. The van der Waals surface area contributed by atoms with Crippen molar-refractivity contribution in [2.75, 3.05) is 33.4 Å². The van der Waals surface area contributed by atoms with Gasteiger partial charge in [0.2, 0.25) is 0 Å². The number of aryl methyl sites for hydroxylation is 1. The van der Waals surface area contributed by atoms with Gasteiger partial charge in [-0.15, -0.1) is 24.0 Å². The summed E-state index contributed by atoms with van der Waals surface area (Å²) in [5.74, 6) is 0.856. The third-order valence-electron chi connectivity index (χ3n) is 3.05. The number of aliphatic imine (C=N–C) groups is 1. The van der Waals surface area contributed by atoms with Crippen molar-refractivity contribution >= 4 is 29.9 Å². The normalized spacial score (nSPS) is 10.9. The van der Waals surface area contributed by atoms with Crippen LogP contribution >= 0.6 is 24.0 Å². The Bertz CT molecular complexity index is 393. The molecule has 0 bridgehead atoms. The van der Waals surface area contributed by atoms with Crippen molar-refractivity contribution in [1.29, 1.82) is 0 Å². The highest BCUT2D eigenvalue weighted by Gasteiger charge is 1.98. The quantitative estimate of drug-likeness (QED) is 0.303. The molecule has 0 aromatic heterocycles. The van der Waals surface area contributed by atoms with Gasteiger partial charge in [-0.1, -0.05) is 31.2 Å². The monoisotopic (exact) mass is 405 g/mol. The highest BCUT2D eigenvalue weighted by Crippen LogP contribution is 2.05. The highest BCUT2D eigenvalue weighted by molar-refractivity contribution is 14.0. The fourth-order valence-electron chi connectivity index (χ4n) is 1.86. The SMILES string of the molecule is CCNC(=NCCOC)NCCc1ccc(CC)cc1.I. The summed E-state index contributed by atoms with van der Waals surface area (Å²) in [6.07, 6.45) is 2.09. The number of benzene rings is 1. The van der Waals surface area contributed by atoms with Crippen LogP contribution < -0.4 is 10.6 Å². The van der Waals surface area contributed by atoms with Gasteiger partial charge in [0, 0.05) is 20.2 Å². The van der Waals surface area contributed by atoms with Crippen LogP contribution in [0.4, 0.5) is 0 Å². The number of methoxy groups -OCH3 is 1. The summed E-state index contributed by atoms with van der Waals surface area (Å²) in [5.41, 5.74) is 2.73. The predicted molar refractivity (Wildman–Crippen MR) is 101 cm³/mol. The Morgan fingerprint density at radius 3 is 2.33 bits per heavy atom. The van der Waals surface area contributed by atoms with Crippen LogP contribution in [0.2, 0.25) is 0 Å². The van der Waals surface area contributed by atoms with Gasteiger partial charge in [-0.05, 0) is 30.9 Å². The van der Waals surface area contributed by atoms with Gasteiger partial charge in [-0.3, -0.25) is 4.99 Å². The molecular weight excluding hydrogens is 377 g/mol. The standard InChI is InChI=1S/C16H27N3O.HI/c1-4-14-6-8-15(9-7-14)10-11-18-16(17-5-2)19-12-13-20-3;/h6-9H,4-5,10-13H2,1-3H3,(H2,17,18,19);1H. The molecule has 4 nitrogen and oxygen atoms in total. The number of guanidine groups is 1. The van der Waals surface area contributed by atoms with Gasteiger partial charge in [0.25, 0.3) is 0 Å². The molecule has 0 radical (unpaired) electrons. The largest absolute Gasteiger partial charge is 0.383 e. The lowest BCUT2D eigenvalue weighted by Gasteiger charge is -2.11. The van der Waals surface area contributed by atoms with Crippen molar-refractivity contribution < 1.29 is 4.74 Å². The van der Waals surface area contributed by atoms with Crippen molar-refractivity contribution in [2.45, 2.75) is 26.7 Å². The van der Waals surface area contributed by atoms with Gasteiger partial charge in [-0.25, -0.2) is 0 Å². The van der Waals surface area contributed by atoms with Crippen LogP contribution in [0.3, 0.4) is 0 Å². The number of hydrogen-bond acceptors (Lipinski definition) is 2. The van der Waals surface area contributed by atoms with Gasteiger partial charge in [0.1, 0.15) is 0 Å². The summed E-state index contributed by atoms with van der Waals surface area (Å²) < 4.78 is 5.00. The van der Waals surface area contributed by atoms with E-state index in [0.717, 1.165) is 31.9 Å². The summed E-state index contributed by atoms with van der Waals surface area (Å²) in [7, 11) is 1.69. The highest BCUT2D eigenvalue weighted by atomic mass is 127. The second-order valence-electron chi connectivity index (χ2n) is 4.60. The van der Waals surface area contributed by atoms with E-state index < -0.39 is 0 Å². The van der Waals surface area contributed by atoms with Gasteiger partial charge in [0.15, 0.2) is 5.96 Å². The molecule has 0 aliphatic carbocycles. The van der Waals surface area contributed by atoms with Crippen molar-refractivity contribution in [2.24, 2.45) is 4.99 Å². The Hall–Kier alpha value is -0.820. The third-order valence-corrected chi connectivity index (χ3v) is 3.05. The third kappa shape index (κ3) is 8.93. The number of nitrogens with one attached hydrogen (secondary N) is 2. The summed E-state index contributed by atoms with van der Waals surface area (Å²) in [4.78, 5) is 4.43. The van der Waals surface area contributed by atoms with Crippen LogP contribution in [0.1, 0.15) is 25.0 Å². The molecule has 0 spiro atoms. The fourth-order valence-corrected chi connectivity index (χ4v) is 1.86. The van der Waals surface area contributed by atoms with E-state index in [1.54, 1.807) is 7.11 Å². The molecule has 21 heavy (non-hydrogen) atoms. The maximum atomic E-state index is 5.00. The number of rotatable bonds is 8. The minimum absolute atomic E-state index is 0. The van der Waals surface area contributed by atoms with E-state index in [-0.39, 0.29) is 24.0 Å². The van der Waals surface area contributed by atoms with E-state index >= 15 is 0 Å². The van der Waals surface area contributed by atoms with Crippen LogP contribution in [-0.2, 0) is 17.6 Å². The number of nitrogens with zero attached hydrogens (tertiary/aromatic N) is 1. The molecule has 1 rings (SSSR count). The van der Waals surface area contributed by atoms with E-state index in [0.29, 0.717) is 13.2 Å². The maximum absolute atomic E-state index is 5.00. The summed E-state index contributed by atoms with van der Waals surface area (Å²) in [6.45, 7) is 7.31. The first kappa shape index (κ1) is 20.2. The van der Waals surface area contributed by atoms with Gasteiger partial charge < -0.3 is 15.4 Å². The number of hydrogen-bond donors (Lipinski definition) is 2. The molecule has 5 heteroatoms. The molecule has 1 aromatic rings. The summed E-state index contributed by atoms with van der Waals surface area (Å²) in [5, 5.41) is 6.57. The molecule has 0 atom stereocenters. The molecule has 0 aliphatic rings. The number of ether oxygens (including phenoxy) is 1. The van der Waals surface area contributed by atoms with E-state index in [4.69, 9.17) is 4.74 Å². The first-order valence-corrected chi connectivity index (χ1v) is 7.39. The molecule has 2 N–H and O–H groups in total.